The Labute approximate surface area is 104 Å². The normalized spacial score (nSPS) is 19.1. The van der Waals surface area contributed by atoms with Crippen molar-refractivity contribution in [3.63, 3.8) is 0 Å². The maximum Gasteiger partial charge on any atom is 0.324 e. The first kappa shape index (κ1) is 10.8. The molecule has 7 nitrogen and oxygen atoms in total. The third-order valence-corrected chi connectivity index (χ3v) is 3.06. The van der Waals surface area contributed by atoms with Crippen LogP contribution >= 0.6 is 0 Å². The summed E-state index contributed by atoms with van der Waals surface area (Å²) in [6.45, 7) is 3.43. The zero-order valence-corrected chi connectivity index (χ0v) is 9.94. The second-order valence-corrected chi connectivity index (χ2v) is 4.33. The topological polar surface area (TPSA) is 83.8 Å². The van der Waals surface area contributed by atoms with Crippen molar-refractivity contribution in [1.29, 1.82) is 5.26 Å². The number of aromatic nitrogens is 4. The van der Waals surface area contributed by atoms with Gasteiger partial charge in [-0.15, -0.1) is 0 Å². The molecular weight excluding hydrogens is 232 g/mol. The molecule has 0 radical (unpaired) electrons. The number of nitriles is 1. The van der Waals surface area contributed by atoms with Crippen LogP contribution in [-0.4, -0.2) is 33.0 Å². The van der Waals surface area contributed by atoms with E-state index < -0.39 is 0 Å². The third-order valence-electron chi connectivity index (χ3n) is 3.06. The van der Waals surface area contributed by atoms with Crippen molar-refractivity contribution in [2.45, 2.75) is 19.4 Å². The highest BCUT2D eigenvalue weighted by Crippen LogP contribution is 2.25. The van der Waals surface area contributed by atoms with Crippen LogP contribution in [0.15, 0.2) is 16.9 Å². The number of hydrogen-bond donors (Lipinski definition) is 0. The van der Waals surface area contributed by atoms with Crippen molar-refractivity contribution in [3.8, 4) is 6.07 Å². The highest BCUT2D eigenvalue weighted by Gasteiger charge is 2.27. The Morgan fingerprint density at radius 3 is 3.11 bits per heavy atom. The van der Waals surface area contributed by atoms with E-state index in [0.717, 1.165) is 19.5 Å². The molecule has 0 aromatic carbocycles. The molecule has 1 saturated heterocycles. The Hall–Kier alpha value is -2.36. The van der Waals surface area contributed by atoms with Gasteiger partial charge in [0.2, 0.25) is 0 Å². The summed E-state index contributed by atoms with van der Waals surface area (Å²) in [4.78, 5) is 6.25. The summed E-state index contributed by atoms with van der Waals surface area (Å²) in [6.07, 6.45) is 4.31. The lowest BCUT2D eigenvalue weighted by Crippen LogP contribution is -2.21. The van der Waals surface area contributed by atoms with Crippen LogP contribution in [0.25, 0.3) is 0 Å². The Bertz CT molecular complexity index is 595. The number of nitrogens with zero attached hydrogens (tertiary/aromatic N) is 6. The van der Waals surface area contributed by atoms with E-state index in [1.54, 1.807) is 19.3 Å². The maximum absolute atomic E-state index is 8.78. The van der Waals surface area contributed by atoms with Crippen LogP contribution in [-0.2, 0) is 0 Å². The van der Waals surface area contributed by atoms with Gasteiger partial charge in [-0.05, 0) is 13.3 Å². The minimum absolute atomic E-state index is 0.249. The summed E-state index contributed by atoms with van der Waals surface area (Å²) in [6, 6.07) is 2.89. The molecular formula is C11H12N6O. The van der Waals surface area contributed by atoms with E-state index >= 15 is 0 Å². The molecule has 0 amide bonds. The van der Waals surface area contributed by atoms with E-state index in [4.69, 9.17) is 9.78 Å². The molecule has 0 spiro atoms. The molecule has 1 aliphatic rings. The predicted molar refractivity (Wildman–Crippen MR) is 61.8 cm³/mol. The van der Waals surface area contributed by atoms with Crippen LogP contribution in [0.2, 0.25) is 0 Å². The van der Waals surface area contributed by atoms with Crippen molar-refractivity contribution in [2.24, 2.45) is 0 Å². The fourth-order valence-corrected chi connectivity index (χ4v) is 2.14. The highest BCUT2D eigenvalue weighted by atomic mass is 16.5. The quantitative estimate of drug-likeness (QED) is 0.780. The van der Waals surface area contributed by atoms with Crippen molar-refractivity contribution < 1.29 is 4.52 Å². The first-order valence-corrected chi connectivity index (χ1v) is 5.76. The maximum atomic E-state index is 8.78. The van der Waals surface area contributed by atoms with Gasteiger partial charge in [0.1, 0.15) is 6.07 Å². The summed E-state index contributed by atoms with van der Waals surface area (Å²) >= 11 is 0. The van der Waals surface area contributed by atoms with Gasteiger partial charge in [0.15, 0.2) is 5.82 Å². The molecule has 3 rings (SSSR count). The molecule has 1 aliphatic heterocycles. The summed E-state index contributed by atoms with van der Waals surface area (Å²) in [7, 11) is 0. The number of aryl methyl sites for hydroxylation is 1. The van der Waals surface area contributed by atoms with Crippen LogP contribution in [0.4, 0.5) is 6.01 Å². The molecule has 7 heteroatoms. The minimum atomic E-state index is 0.249. The van der Waals surface area contributed by atoms with E-state index in [-0.39, 0.29) is 6.04 Å². The number of rotatable bonds is 2. The van der Waals surface area contributed by atoms with Crippen molar-refractivity contribution in [3.05, 3.63) is 23.8 Å². The average Bonchev–Trinajstić information content (AvgIpc) is 3.07. The van der Waals surface area contributed by atoms with Gasteiger partial charge in [0.25, 0.3) is 0 Å². The molecule has 92 valence electrons. The third kappa shape index (κ3) is 1.82. The zero-order chi connectivity index (χ0) is 12.5. The molecule has 0 saturated carbocycles. The Morgan fingerprint density at radius 2 is 2.44 bits per heavy atom. The van der Waals surface area contributed by atoms with Gasteiger partial charge in [-0.2, -0.15) is 15.3 Å². The van der Waals surface area contributed by atoms with E-state index in [0.29, 0.717) is 17.4 Å². The van der Waals surface area contributed by atoms with Crippen molar-refractivity contribution >= 4 is 6.01 Å². The largest absolute Gasteiger partial charge is 0.324 e. The van der Waals surface area contributed by atoms with Gasteiger partial charge in [-0.25, -0.2) is 0 Å². The first-order valence-electron chi connectivity index (χ1n) is 5.76. The summed E-state index contributed by atoms with van der Waals surface area (Å²) in [5.74, 6) is 0.638. The Balaban J connectivity index is 1.73. The summed E-state index contributed by atoms with van der Waals surface area (Å²) in [5, 5.41) is 16.8. The van der Waals surface area contributed by atoms with Crippen LogP contribution in [0.1, 0.15) is 23.9 Å². The SMILES string of the molecule is Cc1noc(N2CCC(n3cc(C#N)cn3)C2)n1. The lowest BCUT2D eigenvalue weighted by molar-refractivity contribution is 0.411. The Kier molecular flexibility index (Phi) is 2.48. The molecule has 2 aromatic rings. The van der Waals surface area contributed by atoms with E-state index in [1.165, 1.54) is 0 Å². The van der Waals surface area contributed by atoms with E-state index in [1.807, 2.05) is 9.58 Å². The lowest BCUT2D eigenvalue weighted by atomic mass is 10.3. The second-order valence-electron chi connectivity index (χ2n) is 4.33. The van der Waals surface area contributed by atoms with Crippen LogP contribution < -0.4 is 4.90 Å². The van der Waals surface area contributed by atoms with E-state index in [2.05, 4.69) is 21.3 Å². The minimum Gasteiger partial charge on any atom is -0.322 e. The van der Waals surface area contributed by atoms with Gasteiger partial charge in [-0.3, -0.25) is 4.68 Å². The fraction of sp³-hybridized carbons (Fsp3) is 0.455. The van der Waals surface area contributed by atoms with Crippen LogP contribution in [0.3, 0.4) is 0 Å². The number of hydrogen-bond acceptors (Lipinski definition) is 6. The van der Waals surface area contributed by atoms with E-state index in [9.17, 15) is 0 Å². The molecule has 18 heavy (non-hydrogen) atoms. The van der Waals surface area contributed by atoms with Crippen LogP contribution in [0, 0.1) is 18.3 Å². The molecule has 1 fully saturated rings. The second kappa shape index (κ2) is 4.14. The average molecular weight is 244 g/mol. The van der Waals surface area contributed by atoms with Gasteiger partial charge >= 0.3 is 6.01 Å². The molecule has 0 N–H and O–H groups in total. The smallest absolute Gasteiger partial charge is 0.322 e. The molecule has 2 aromatic heterocycles. The van der Waals surface area contributed by atoms with Gasteiger partial charge in [0.05, 0.1) is 17.8 Å². The molecule has 1 unspecified atom stereocenters. The summed E-state index contributed by atoms with van der Waals surface area (Å²) < 4.78 is 6.98. The molecule has 3 heterocycles. The van der Waals surface area contributed by atoms with Crippen molar-refractivity contribution in [1.82, 2.24) is 19.9 Å². The predicted octanol–water partition coefficient (Wildman–Crippen LogP) is 0.898. The standard InChI is InChI=1S/C11H12N6O/c1-8-14-11(18-15-8)16-3-2-10(7-16)17-6-9(4-12)5-13-17/h5-6,10H,2-3,7H2,1H3. The zero-order valence-electron chi connectivity index (χ0n) is 9.94. The summed E-state index contributed by atoms with van der Waals surface area (Å²) in [5.41, 5.74) is 0.585. The van der Waals surface area contributed by atoms with Gasteiger partial charge in [0, 0.05) is 19.3 Å². The molecule has 1 atom stereocenters. The van der Waals surface area contributed by atoms with Crippen LogP contribution in [0.5, 0.6) is 0 Å². The fourth-order valence-electron chi connectivity index (χ4n) is 2.14. The monoisotopic (exact) mass is 244 g/mol. The lowest BCUT2D eigenvalue weighted by Gasteiger charge is -2.12. The number of anilines is 1. The van der Waals surface area contributed by atoms with Gasteiger partial charge < -0.3 is 9.42 Å². The highest BCUT2D eigenvalue weighted by molar-refractivity contribution is 5.28. The Morgan fingerprint density at radius 1 is 1.56 bits per heavy atom. The molecule has 0 bridgehead atoms. The first-order chi connectivity index (χ1) is 8.76. The van der Waals surface area contributed by atoms with Crippen molar-refractivity contribution in [2.75, 3.05) is 18.0 Å². The van der Waals surface area contributed by atoms with Gasteiger partial charge in [-0.1, -0.05) is 5.16 Å². The molecule has 0 aliphatic carbocycles.